The van der Waals surface area contributed by atoms with Crippen LogP contribution >= 0.6 is 34.5 Å². The maximum Gasteiger partial charge on any atom is 0.297 e. The first kappa shape index (κ1) is 24.0. The number of aromatic nitrogens is 4. The van der Waals surface area contributed by atoms with Gasteiger partial charge in [0, 0.05) is 29.2 Å². The molecular formula is C26H20Cl2N6OS. The van der Waals surface area contributed by atoms with Gasteiger partial charge >= 0.3 is 0 Å². The van der Waals surface area contributed by atoms with Crippen molar-refractivity contribution in [1.82, 2.24) is 19.0 Å². The molecule has 0 unspecified atom stereocenters. The average Bonchev–Trinajstić information content (AvgIpc) is 3.39. The molecule has 36 heavy (non-hydrogen) atoms. The molecule has 0 bridgehead atoms. The van der Waals surface area contributed by atoms with Gasteiger partial charge < -0.3 is 0 Å². The van der Waals surface area contributed by atoms with E-state index >= 15 is 0 Å². The first-order chi connectivity index (χ1) is 17.4. The largest absolute Gasteiger partial charge is 0.297 e. The van der Waals surface area contributed by atoms with E-state index < -0.39 is 0 Å². The lowest BCUT2D eigenvalue weighted by Crippen LogP contribution is -2.20. The lowest BCUT2D eigenvalue weighted by molar-refractivity contribution is 0.630. The summed E-state index contributed by atoms with van der Waals surface area (Å²) in [5, 5.41) is 7.61. The van der Waals surface area contributed by atoms with E-state index in [-0.39, 0.29) is 5.56 Å². The first-order valence-electron chi connectivity index (χ1n) is 10.9. The van der Waals surface area contributed by atoms with Crippen LogP contribution < -0.4 is 10.4 Å². The van der Waals surface area contributed by atoms with Crippen molar-refractivity contribution in [2.75, 3.05) is 0 Å². The van der Waals surface area contributed by atoms with Crippen molar-refractivity contribution in [1.29, 1.82) is 0 Å². The van der Waals surface area contributed by atoms with Crippen LogP contribution in [0.5, 0.6) is 0 Å². The minimum absolute atomic E-state index is 0.225. The zero-order valence-corrected chi connectivity index (χ0v) is 21.7. The summed E-state index contributed by atoms with van der Waals surface area (Å²) in [6.07, 6.45) is 3.33. The molecule has 0 atom stereocenters. The van der Waals surface area contributed by atoms with E-state index in [1.54, 1.807) is 44.7 Å². The molecule has 0 saturated carbocycles. The third-order valence-corrected chi connectivity index (χ3v) is 7.00. The summed E-state index contributed by atoms with van der Waals surface area (Å²) in [4.78, 5) is 23.0. The number of benzene rings is 2. The van der Waals surface area contributed by atoms with E-state index in [0.717, 1.165) is 11.4 Å². The molecule has 180 valence electrons. The van der Waals surface area contributed by atoms with Crippen LogP contribution in [0.15, 0.2) is 93.2 Å². The number of thiazole rings is 1. The summed E-state index contributed by atoms with van der Waals surface area (Å²) in [5.41, 5.74) is 3.65. The molecule has 0 N–H and O–H groups in total. The topological polar surface area (TPSA) is 69.5 Å². The Labute approximate surface area is 220 Å². The minimum atomic E-state index is -0.225. The predicted octanol–water partition coefficient (Wildman–Crippen LogP) is 5.83. The number of hydrogen-bond donors (Lipinski definition) is 0. The van der Waals surface area contributed by atoms with Gasteiger partial charge in [-0.25, -0.2) is 14.4 Å². The van der Waals surface area contributed by atoms with Crippen molar-refractivity contribution in [2.24, 2.45) is 17.1 Å². The van der Waals surface area contributed by atoms with Crippen molar-refractivity contribution in [2.45, 2.75) is 6.92 Å². The second-order valence-corrected chi connectivity index (χ2v) is 9.54. The van der Waals surface area contributed by atoms with Crippen LogP contribution in [0.1, 0.15) is 11.4 Å². The zero-order valence-electron chi connectivity index (χ0n) is 19.3. The molecule has 5 aromatic rings. The number of para-hydroxylation sites is 1. The summed E-state index contributed by atoms with van der Waals surface area (Å²) >= 11 is 14.1. The van der Waals surface area contributed by atoms with Crippen LogP contribution in [0.25, 0.3) is 16.9 Å². The number of halogens is 2. The van der Waals surface area contributed by atoms with Crippen LogP contribution in [0.3, 0.4) is 0 Å². The van der Waals surface area contributed by atoms with Crippen LogP contribution in [0, 0.1) is 6.92 Å². The molecule has 0 radical (unpaired) electrons. The van der Waals surface area contributed by atoms with Gasteiger partial charge in [0.1, 0.15) is 0 Å². The van der Waals surface area contributed by atoms with E-state index in [1.807, 2.05) is 67.9 Å². The Morgan fingerprint density at radius 1 is 1.03 bits per heavy atom. The van der Waals surface area contributed by atoms with Gasteiger partial charge in [-0.3, -0.25) is 14.5 Å². The SMILES string of the molecule is Cc1c(N=c2scc(-c3cc(Cl)ccc3Cl)n2N=Cc2ccccn2)c(=O)n(-c2ccccc2)n1C. The lowest BCUT2D eigenvalue weighted by Gasteiger charge is -2.07. The Morgan fingerprint density at radius 3 is 2.56 bits per heavy atom. The number of pyridine rings is 1. The summed E-state index contributed by atoms with van der Waals surface area (Å²) in [7, 11) is 1.83. The third kappa shape index (κ3) is 4.58. The number of hydrogen-bond acceptors (Lipinski definition) is 5. The molecule has 0 spiro atoms. The molecule has 0 fully saturated rings. The maximum atomic E-state index is 13.4. The second kappa shape index (κ2) is 10.1. The molecular weight excluding hydrogens is 515 g/mol. The van der Waals surface area contributed by atoms with Gasteiger partial charge in [-0.05, 0) is 49.4 Å². The zero-order chi connectivity index (χ0) is 25.2. The standard InChI is InChI=1S/C26H20Cl2N6OS/c1-17-24(25(35)34(32(17)2)20-9-4-3-5-10-20)31-26-33(30-15-19-8-6-7-13-29-19)23(16-36-26)21-14-18(27)11-12-22(21)28/h3-16H,1-2H3. The van der Waals surface area contributed by atoms with E-state index in [9.17, 15) is 4.79 Å². The van der Waals surface area contributed by atoms with Crippen molar-refractivity contribution >= 4 is 46.4 Å². The highest BCUT2D eigenvalue weighted by Crippen LogP contribution is 2.31. The molecule has 0 amide bonds. The molecule has 0 aliphatic rings. The normalized spacial score (nSPS) is 12.1. The molecule has 0 aliphatic carbocycles. The van der Waals surface area contributed by atoms with E-state index in [2.05, 4.69) is 10.1 Å². The molecule has 2 aromatic carbocycles. The van der Waals surface area contributed by atoms with Gasteiger partial charge in [0.25, 0.3) is 5.56 Å². The van der Waals surface area contributed by atoms with Crippen LogP contribution in [-0.2, 0) is 7.05 Å². The fraction of sp³-hybridized carbons (Fsp3) is 0.0769. The molecule has 3 heterocycles. The molecule has 3 aromatic heterocycles. The van der Waals surface area contributed by atoms with Gasteiger partial charge in [0.15, 0.2) is 5.69 Å². The Kier molecular flexibility index (Phi) is 6.73. The third-order valence-electron chi connectivity index (χ3n) is 5.61. The highest BCUT2D eigenvalue weighted by Gasteiger charge is 2.17. The van der Waals surface area contributed by atoms with Crippen LogP contribution in [0.4, 0.5) is 5.69 Å². The van der Waals surface area contributed by atoms with Gasteiger partial charge in [-0.1, -0.05) is 47.5 Å². The fourth-order valence-electron chi connectivity index (χ4n) is 3.72. The highest BCUT2D eigenvalue weighted by atomic mass is 35.5. The van der Waals surface area contributed by atoms with Gasteiger partial charge in [0.05, 0.1) is 34.0 Å². The quantitative estimate of drug-likeness (QED) is 0.266. The summed E-state index contributed by atoms with van der Waals surface area (Å²) in [6, 6.07) is 20.3. The Hall–Kier alpha value is -3.72. The van der Waals surface area contributed by atoms with E-state index in [4.69, 9.17) is 28.2 Å². The first-order valence-corrected chi connectivity index (χ1v) is 12.6. The van der Waals surface area contributed by atoms with Crippen LogP contribution in [-0.4, -0.2) is 25.2 Å². The van der Waals surface area contributed by atoms with Gasteiger partial charge in [0.2, 0.25) is 4.80 Å². The smallest absolute Gasteiger partial charge is 0.283 e. The van der Waals surface area contributed by atoms with Gasteiger partial charge in [-0.2, -0.15) is 5.10 Å². The Balaban J connectivity index is 1.73. The Morgan fingerprint density at radius 2 is 1.81 bits per heavy atom. The lowest BCUT2D eigenvalue weighted by atomic mass is 10.2. The average molecular weight is 535 g/mol. The highest BCUT2D eigenvalue weighted by molar-refractivity contribution is 7.07. The molecule has 10 heteroatoms. The number of rotatable bonds is 5. The summed E-state index contributed by atoms with van der Waals surface area (Å²) in [5.74, 6) is 0. The Bertz CT molecular complexity index is 1700. The predicted molar refractivity (Wildman–Crippen MR) is 146 cm³/mol. The second-order valence-electron chi connectivity index (χ2n) is 7.86. The molecule has 7 nitrogen and oxygen atoms in total. The minimum Gasteiger partial charge on any atom is -0.283 e. The van der Waals surface area contributed by atoms with Crippen molar-refractivity contribution in [3.05, 3.63) is 115 Å². The molecule has 0 aliphatic heterocycles. The van der Waals surface area contributed by atoms with E-state index in [1.165, 1.54) is 11.3 Å². The summed E-state index contributed by atoms with van der Waals surface area (Å²) in [6.45, 7) is 1.86. The maximum absolute atomic E-state index is 13.4. The van der Waals surface area contributed by atoms with Gasteiger partial charge in [-0.15, -0.1) is 11.3 Å². The van der Waals surface area contributed by atoms with Crippen molar-refractivity contribution < 1.29 is 0 Å². The van der Waals surface area contributed by atoms with Crippen molar-refractivity contribution in [3.63, 3.8) is 0 Å². The fourth-order valence-corrected chi connectivity index (χ4v) is 4.94. The van der Waals surface area contributed by atoms with E-state index in [0.29, 0.717) is 37.5 Å². The summed E-state index contributed by atoms with van der Waals surface area (Å²) < 4.78 is 5.04. The van der Waals surface area contributed by atoms with Crippen molar-refractivity contribution in [3.8, 4) is 16.9 Å². The molecule has 5 rings (SSSR count). The monoisotopic (exact) mass is 534 g/mol. The molecule has 0 saturated heterocycles. The van der Waals surface area contributed by atoms with Crippen LogP contribution in [0.2, 0.25) is 10.0 Å². The number of nitrogens with zero attached hydrogens (tertiary/aromatic N) is 6.